The molecule has 0 aromatic heterocycles. The number of fused-ring (bicyclic) bond motifs is 1. The van der Waals surface area contributed by atoms with E-state index >= 15 is 0 Å². The zero-order valence-electron chi connectivity index (χ0n) is 8.21. The highest BCUT2D eigenvalue weighted by Gasteiger charge is 2.18. The quantitative estimate of drug-likeness (QED) is 0.706. The molecule has 1 amide bonds. The van der Waals surface area contributed by atoms with Gasteiger partial charge in [0.2, 0.25) is 5.91 Å². The number of benzene rings is 1. The third kappa shape index (κ3) is 1.63. The van der Waals surface area contributed by atoms with E-state index in [1.807, 2.05) is 18.2 Å². The molecule has 0 saturated heterocycles. The number of anilines is 1. The lowest BCUT2D eigenvalue weighted by Crippen LogP contribution is -2.08. The van der Waals surface area contributed by atoms with E-state index in [1.165, 1.54) is 18.1 Å². The van der Waals surface area contributed by atoms with Crippen molar-refractivity contribution in [2.75, 3.05) is 5.32 Å². The molecular weight excluding hydrogens is 176 g/mol. The van der Waals surface area contributed by atoms with Gasteiger partial charge in [-0.1, -0.05) is 6.07 Å². The number of carbonyl (C=O) groups is 1. The molecule has 1 unspecified atom stereocenters. The summed E-state index contributed by atoms with van der Waals surface area (Å²) in [5.74, 6) is -0.0449. The summed E-state index contributed by atoms with van der Waals surface area (Å²) in [5.41, 5.74) is 9.26. The minimum absolute atomic E-state index is 0.0449. The highest BCUT2D eigenvalue weighted by atomic mass is 16.1. The first-order chi connectivity index (χ1) is 6.66. The minimum atomic E-state index is -0.0449. The summed E-state index contributed by atoms with van der Waals surface area (Å²) in [4.78, 5) is 10.9. The van der Waals surface area contributed by atoms with E-state index in [4.69, 9.17) is 5.73 Å². The van der Waals surface area contributed by atoms with Crippen LogP contribution in [0.25, 0.3) is 0 Å². The monoisotopic (exact) mass is 190 g/mol. The summed E-state index contributed by atoms with van der Waals surface area (Å²) in [6, 6.07) is 6.10. The van der Waals surface area contributed by atoms with Crippen LogP contribution in [0.4, 0.5) is 5.69 Å². The van der Waals surface area contributed by atoms with Gasteiger partial charge in [-0.2, -0.15) is 0 Å². The van der Waals surface area contributed by atoms with E-state index in [-0.39, 0.29) is 11.9 Å². The standard InChI is InChI=1S/C11H14N2O/c1-7(14)13-9-4-2-8-3-5-11(12)10(8)6-9/h2,4,6,11H,3,5,12H2,1H3,(H,13,14). The number of nitrogens with two attached hydrogens (primary N) is 1. The molecule has 2 rings (SSSR count). The Morgan fingerprint density at radius 3 is 3.07 bits per heavy atom. The Labute approximate surface area is 83.3 Å². The predicted octanol–water partition coefficient (Wildman–Crippen LogP) is 1.59. The maximum atomic E-state index is 10.9. The average Bonchev–Trinajstić information content (AvgIpc) is 2.47. The molecule has 1 atom stereocenters. The molecule has 3 nitrogen and oxygen atoms in total. The molecule has 0 saturated carbocycles. The number of hydrogen-bond acceptors (Lipinski definition) is 2. The summed E-state index contributed by atoms with van der Waals surface area (Å²) < 4.78 is 0. The highest BCUT2D eigenvalue weighted by Crippen LogP contribution is 2.31. The van der Waals surface area contributed by atoms with Crippen molar-refractivity contribution in [2.24, 2.45) is 5.73 Å². The average molecular weight is 190 g/mol. The van der Waals surface area contributed by atoms with E-state index < -0.39 is 0 Å². The third-order valence-electron chi connectivity index (χ3n) is 2.59. The Hall–Kier alpha value is -1.35. The Balaban J connectivity index is 2.30. The number of carbonyl (C=O) groups excluding carboxylic acids is 1. The number of rotatable bonds is 1. The van der Waals surface area contributed by atoms with E-state index in [0.717, 1.165) is 18.5 Å². The Bertz CT molecular complexity index is 374. The van der Waals surface area contributed by atoms with Crippen molar-refractivity contribution in [1.29, 1.82) is 0 Å². The zero-order chi connectivity index (χ0) is 10.1. The van der Waals surface area contributed by atoms with Crippen LogP contribution in [0.1, 0.15) is 30.5 Å². The lowest BCUT2D eigenvalue weighted by atomic mass is 10.1. The van der Waals surface area contributed by atoms with Gasteiger partial charge in [-0.25, -0.2) is 0 Å². The maximum Gasteiger partial charge on any atom is 0.221 e. The minimum Gasteiger partial charge on any atom is -0.326 e. The zero-order valence-corrected chi connectivity index (χ0v) is 8.21. The smallest absolute Gasteiger partial charge is 0.221 e. The van der Waals surface area contributed by atoms with Crippen LogP contribution in [0.5, 0.6) is 0 Å². The van der Waals surface area contributed by atoms with Gasteiger partial charge in [0, 0.05) is 18.7 Å². The van der Waals surface area contributed by atoms with Crippen LogP contribution in [0.15, 0.2) is 18.2 Å². The lowest BCUT2D eigenvalue weighted by molar-refractivity contribution is -0.114. The molecule has 0 spiro atoms. The number of aryl methyl sites for hydroxylation is 1. The second-order valence-corrected chi connectivity index (χ2v) is 3.74. The van der Waals surface area contributed by atoms with Crippen LogP contribution in [0.2, 0.25) is 0 Å². The van der Waals surface area contributed by atoms with Crippen LogP contribution >= 0.6 is 0 Å². The summed E-state index contributed by atoms with van der Waals surface area (Å²) >= 11 is 0. The first-order valence-electron chi connectivity index (χ1n) is 4.83. The molecule has 0 radical (unpaired) electrons. The molecule has 1 aliphatic carbocycles. The fourth-order valence-corrected chi connectivity index (χ4v) is 1.92. The second kappa shape index (κ2) is 3.42. The van der Waals surface area contributed by atoms with Gasteiger partial charge in [0.05, 0.1) is 0 Å². The first kappa shape index (κ1) is 9.21. The van der Waals surface area contributed by atoms with Crippen molar-refractivity contribution >= 4 is 11.6 Å². The van der Waals surface area contributed by atoms with Crippen LogP contribution in [0, 0.1) is 0 Å². The van der Waals surface area contributed by atoms with Crippen molar-refractivity contribution in [3.05, 3.63) is 29.3 Å². The molecule has 1 aliphatic rings. The SMILES string of the molecule is CC(=O)Nc1ccc2c(c1)C(N)CC2. The van der Waals surface area contributed by atoms with Crippen molar-refractivity contribution in [3.8, 4) is 0 Å². The van der Waals surface area contributed by atoms with Gasteiger partial charge in [-0.05, 0) is 36.1 Å². The molecule has 0 aliphatic heterocycles. The Morgan fingerprint density at radius 2 is 2.36 bits per heavy atom. The molecule has 1 aromatic rings. The summed E-state index contributed by atoms with van der Waals surface area (Å²) in [6.45, 7) is 1.51. The molecule has 3 heteroatoms. The maximum absolute atomic E-state index is 10.9. The van der Waals surface area contributed by atoms with Crippen LogP contribution < -0.4 is 11.1 Å². The van der Waals surface area contributed by atoms with Crippen molar-refractivity contribution in [1.82, 2.24) is 0 Å². The van der Waals surface area contributed by atoms with Crippen LogP contribution in [-0.4, -0.2) is 5.91 Å². The third-order valence-corrected chi connectivity index (χ3v) is 2.59. The molecule has 1 aromatic carbocycles. The fourth-order valence-electron chi connectivity index (χ4n) is 1.92. The van der Waals surface area contributed by atoms with Gasteiger partial charge in [0.1, 0.15) is 0 Å². The fraction of sp³-hybridized carbons (Fsp3) is 0.364. The Kier molecular flexibility index (Phi) is 2.25. The van der Waals surface area contributed by atoms with Gasteiger partial charge < -0.3 is 11.1 Å². The van der Waals surface area contributed by atoms with Crippen LogP contribution in [-0.2, 0) is 11.2 Å². The van der Waals surface area contributed by atoms with Crippen molar-refractivity contribution < 1.29 is 4.79 Å². The predicted molar refractivity (Wildman–Crippen MR) is 56.0 cm³/mol. The number of amides is 1. The van der Waals surface area contributed by atoms with Crippen molar-refractivity contribution in [3.63, 3.8) is 0 Å². The van der Waals surface area contributed by atoms with E-state index in [2.05, 4.69) is 5.32 Å². The van der Waals surface area contributed by atoms with E-state index in [1.54, 1.807) is 0 Å². The second-order valence-electron chi connectivity index (χ2n) is 3.74. The van der Waals surface area contributed by atoms with Gasteiger partial charge in [-0.3, -0.25) is 4.79 Å². The number of hydrogen-bond donors (Lipinski definition) is 2. The largest absolute Gasteiger partial charge is 0.326 e. The van der Waals surface area contributed by atoms with E-state index in [0.29, 0.717) is 0 Å². The lowest BCUT2D eigenvalue weighted by Gasteiger charge is -2.07. The summed E-state index contributed by atoms with van der Waals surface area (Å²) in [7, 11) is 0. The van der Waals surface area contributed by atoms with Gasteiger partial charge in [0.15, 0.2) is 0 Å². The van der Waals surface area contributed by atoms with Crippen LogP contribution in [0.3, 0.4) is 0 Å². The highest BCUT2D eigenvalue weighted by molar-refractivity contribution is 5.88. The normalized spacial score (nSPS) is 19.1. The molecule has 0 heterocycles. The van der Waals surface area contributed by atoms with Gasteiger partial charge in [0.25, 0.3) is 0 Å². The molecule has 0 bridgehead atoms. The van der Waals surface area contributed by atoms with Gasteiger partial charge in [-0.15, -0.1) is 0 Å². The molecular formula is C11H14N2O. The summed E-state index contributed by atoms with van der Waals surface area (Å²) in [6.07, 6.45) is 2.07. The molecule has 14 heavy (non-hydrogen) atoms. The number of nitrogens with one attached hydrogen (secondary N) is 1. The molecule has 3 N–H and O–H groups in total. The summed E-state index contributed by atoms with van der Waals surface area (Å²) in [5, 5.41) is 2.76. The van der Waals surface area contributed by atoms with Gasteiger partial charge >= 0.3 is 0 Å². The topological polar surface area (TPSA) is 55.1 Å². The Morgan fingerprint density at radius 1 is 1.57 bits per heavy atom. The molecule has 0 fully saturated rings. The van der Waals surface area contributed by atoms with Crippen molar-refractivity contribution in [2.45, 2.75) is 25.8 Å². The van der Waals surface area contributed by atoms with E-state index in [9.17, 15) is 4.79 Å². The molecule has 74 valence electrons. The first-order valence-corrected chi connectivity index (χ1v) is 4.83.